The number of aromatic nitrogens is 2. The van der Waals surface area contributed by atoms with Gasteiger partial charge in [-0.05, 0) is 75.2 Å². The Kier molecular flexibility index (Phi) is 9.14. The van der Waals surface area contributed by atoms with Crippen molar-refractivity contribution >= 4 is 28.5 Å². The molecule has 1 aromatic heterocycles. The van der Waals surface area contributed by atoms with Crippen molar-refractivity contribution in [2.45, 2.75) is 52.1 Å². The Bertz CT molecular complexity index is 1350. The van der Waals surface area contributed by atoms with Gasteiger partial charge in [0.15, 0.2) is 0 Å². The van der Waals surface area contributed by atoms with Gasteiger partial charge in [0, 0.05) is 30.3 Å². The summed E-state index contributed by atoms with van der Waals surface area (Å²) >= 11 is 0. The molecule has 0 bridgehead atoms. The van der Waals surface area contributed by atoms with Gasteiger partial charge >= 0.3 is 0 Å². The molecule has 1 heterocycles. The molecule has 0 unspecified atom stereocenters. The van der Waals surface area contributed by atoms with Gasteiger partial charge in [0.2, 0.25) is 5.91 Å². The lowest BCUT2D eigenvalue weighted by molar-refractivity contribution is -0.119. The van der Waals surface area contributed by atoms with E-state index in [2.05, 4.69) is 9.88 Å². The van der Waals surface area contributed by atoms with Gasteiger partial charge in [-0.1, -0.05) is 36.8 Å². The summed E-state index contributed by atoms with van der Waals surface area (Å²) < 4.78 is 7.20. The van der Waals surface area contributed by atoms with Crippen LogP contribution in [0.5, 0.6) is 5.75 Å². The summed E-state index contributed by atoms with van der Waals surface area (Å²) in [6, 6.07) is 24.9. The molecule has 0 saturated carbocycles. The Hall–Kier alpha value is -4.13. The molecule has 2 amide bonds. The van der Waals surface area contributed by atoms with Crippen molar-refractivity contribution in [2.24, 2.45) is 0 Å². The molecule has 0 aliphatic carbocycles. The van der Waals surface area contributed by atoms with Gasteiger partial charge < -0.3 is 19.5 Å². The maximum atomic E-state index is 13.5. The van der Waals surface area contributed by atoms with E-state index in [1.807, 2.05) is 73.3 Å². The lowest BCUT2D eigenvalue weighted by Gasteiger charge is -2.27. The number of rotatable bonds is 12. The maximum Gasteiger partial charge on any atom is 0.251 e. The first-order chi connectivity index (χ1) is 18.5. The lowest BCUT2D eigenvalue weighted by Crippen LogP contribution is -2.39. The van der Waals surface area contributed by atoms with Crippen LogP contribution in [-0.2, 0) is 17.8 Å². The highest BCUT2D eigenvalue weighted by atomic mass is 16.5. The molecule has 4 aromatic rings. The van der Waals surface area contributed by atoms with Gasteiger partial charge in [0.1, 0.15) is 18.1 Å². The third-order valence-electron chi connectivity index (χ3n) is 6.56. The van der Waals surface area contributed by atoms with Gasteiger partial charge in [0.05, 0.1) is 18.1 Å². The molecule has 0 fully saturated rings. The molecule has 0 radical (unpaired) electrons. The Morgan fingerprint density at radius 3 is 2.34 bits per heavy atom. The van der Waals surface area contributed by atoms with E-state index in [4.69, 9.17) is 9.72 Å². The van der Waals surface area contributed by atoms with Crippen LogP contribution in [0.25, 0.3) is 11.0 Å². The number of para-hydroxylation sites is 3. The van der Waals surface area contributed by atoms with Crippen molar-refractivity contribution < 1.29 is 14.3 Å². The number of nitrogens with one attached hydrogen (secondary N) is 1. The number of anilines is 1. The molecule has 3 aromatic carbocycles. The molecule has 7 nitrogen and oxygen atoms in total. The van der Waals surface area contributed by atoms with Crippen LogP contribution in [0.3, 0.4) is 0 Å². The number of nitrogens with zero attached hydrogens (tertiary/aromatic N) is 3. The summed E-state index contributed by atoms with van der Waals surface area (Å²) in [5, 5.41) is 2.98. The van der Waals surface area contributed by atoms with Crippen LogP contribution in [0.15, 0.2) is 78.9 Å². The van der Waals surface area contributed by atoms with E-state index in [1.54, 1.807) is 31.4 Å². The highest BCUT2D eigenvalue weighted by Gasteiger charge is 2.21. The van der Waals surface area contributed by atoms with E-state index in [-0.39, 0.29) is 24.4 Å². The summed E-state index contributed by atoms with van der Waals surface area (Å²) in [6.45, 7) is 4.91. The minimum atomic E-state index is -0.0823. The largest absolute Gasteiger partial charge is 0.497 e. The average Bonchev–Trinajstić information content (AvgIpc) is 3.28. The number of fused-ring (bicyclic) bond motifs is 1. The second-order valence-electron chi connectivity index (χ2n) is 9.59. The van der Waals surface area contributed by atoms with E-state index in [9.17, 15) is 9.59 Å². The first kappa shape index (κ1) is 26.9. The van der Waals surface area contributed by atoms with Crippen LogP contribution in [-0.4, -0.2) is 41.1 Å². The molecule has 38 heavy (non-hydrogen) atoms. The number of carbonyl (C=O) groups excluding carboxylic acids is 2. The molecule has 4 rings (SSSR count). The summed E-state index contributed by atoms with van der Waals surface area (Å²) in [7, 11) is 1.60. The fourth-order valence-electron chi connectivity index (χ4n) is 4.65. The van der Waals surface area contributed by atoms with Crippen molar-refractivity contribution in [3.8, 4) is 5.75 Å². The van der Waals surface area contributed by atoms with E-state index in [1.165, 1.54) is 0 Å². The number of carbonyl (C=O) groups is 2. The fourth-order valence-corrected chi connectivity index (χ4v) is 4.65. The molecular formula is C31H36N4O3. The van der Waals surface area contributed by atoms with Gasteiger partial charge in [-0.2, -0.15) is 0 Å². The molecule has 0 aliphatic rings. The minimum Gasteiger partial charge on any atom is -0.497 e. The number of aryl methyl sites for hydroxylation is 1. The van der Waals surface area contributed by atoms with Crippen molar-refractivity contribution in [3.05, 3.63) is 90.3 Å². The maximum absolute atomic E-state index is 13.5. The van der Waals surface area contributed by atoms with Crippen LogP contribution >= 0.6 is 0 Å². The monoisotopic (exact) mass is 512 g/mol. The SMILES string of the molecule is COc1ccc(C(=O)NCCCCCc2nc3ccccc3n2CC(=O)N(c2ccccc2)C(C)C)cc1. The highest BCUT2D eigenvalue weighted by Crippen LogP contribution is 2.21. The number of hydrogen-bond donors (Lipinski definition) is 1. The Balaban J connectivity index is 1.35. The molecule has 1 N–H and O–H groups in total. The fraction of sp³-hybridized carbons (Fsp3) is 0.323. The van der Waals surface area contributed by atoms with Crippen molar-refractivity contribution in [1.29, 1.82) is 0 Å². The van der Waals surface area contributed by atoms with E-state index in [0.717, 1.165) is 54.0 Å². The molecule has 198 valence electrons. The van der Waals surface area contributed by atoms with Crippen molar-refractivity contribution in [2.75, 3.05) is 18.6 Å². The summed E-state index contributed by atoms with van der Waals surface area (Å²) in [4.78, 5) is 32.6. The molecule has 0 spiro atoms. The van der Waals surface area contributed by atoms with Crippen LogP contribution in [0, 0.1) is 0 Å². The zero-order chi connectivity index (χ0) is 26.9. The Morgan fingerprint density at radius 1 is 0.921 bits per heavy atom. The number of benzene rings is 3. The van der Waals surface area contributed by atoms with Crippen molar-refractivity contribution in [3.63, 3.8) is 0 Å². The van der Waals surface area contributed by atoms with Crippen LogP contribution in [0.4, 0.5) is 5.69 Å². The topological polar surface area (TPSA) is 76.5 Å². The van der Waals surface area contributed by atoms with Gasteiger partial charge in [-0.15, -0.1) is 0 Å². The Labute approximate surface area is 224 Å². The third kappa shape index (κ3) is 6.59. The number of amides is 2. The van der Waals surface area contributed by atoms with E-state index >= 15 is 0 Å². The van der Waals surface area contributed by atoms with Crippen LogP contribution in [0.1, 0.15) is 49.3 Å². The molecule has 0 saturated heterocycles. The van der Waals surface area contributed by atoms with E-state index in [0.29, 0.717) is 12.1 Å². The number of ether oxygens (including phenoxy) is 1. The van der Waals surface area contributed by atoms with Crippen LogP contribution < -0.4 is 15.0 Å². The molecular weight excluding hydrogens is 476 g/mol. The van der Waals surface area contributed by atoms with E-state index < -0.39 is 0 Å². The predicted octanol–water partition coefficient (Wildman–Crippen LogP) is 5.63. The zero-order valence-electron chi connectivity index (χ0n) is 22.4. The quantitative estimate of drug-likeness (QED) is 0.250. The summed E-state index contributed by atoms with van der Waals surface area (Å²) in [5.74, 6) is 1.60. The van der Waals surface area contributed by atoms with Gasteiger partial charge in [-0.25, -0.2) is 4.98 Å². The standard InChI is InChI=1S/C31H36N4O3/c1-23(2)35(25-12-6-4-7-13-25)30(36)22-34-28-15-10-9-14-27(28)33-29(34)16-8-5-11-21-32-31(37)24-17-19-26(38-3)20-18-24/h4,6-7,9-10,12-15,17-20,23H,5,8,11,16,21-22H2,1-3H3,(H,32,37). The normalized spacial score (nSPS) is 11.1. The second-order valence-corrected chi connectivity index (χ2v) is 9.59. The highest BCUT2D eigenvalue weighted by molar-refractivity contribution is 5.95. The number of hydrogen-bond acceptors (Lipinski definition) is 4. The summed E-state index contributed by atoms with van der Waals surface area (Å²) in [5.41, 5.74) is 3.39. The number of imidazole rings is 1. The molecule has 0 atom stereocenters. The first-order valence-corrected chi connectivity index (χ1v) is 13.2. The minimum absolute atomic E-state index is 0.0382. The predicted molar refractivity (Wildman–Crippen MR) is 152 cm³/mol. The Morgan fingerprint density at radius 2 is 1.63 bits per heavy atom. The first-order valence-electron chi connectivity index (χ1n) is 13.2. The molecule has 0 aliphatic heterocycles. The molecule has 7 heteroatoms. The van der Waals surface area contributed by atoms with Gasteiger partial charge in [-0.3, -0.25) is 9.59 Å². The van der Waals surface area contributed by atoms with Gasteiger partial charge in [0.25, 0.3) is 5.91 Å². The number of unbranched alkanes of at least 4 members (excludes halogenated alkanes) is 2. The second kappa shape index (κ2) is 12.9. The number of methoxy groups -OCH3 is 1. The van der Waals surface area contributed by atoms with Crippen LogP contribution in [0.2, 0.25) is 0 Å². The average molecular weight is 513 g/mol. The smallest absolute Gasteiger partial charge is 0.251 e. The van der Waals surface area contributed by atoms with Crippen molar-refractivity contribution in [1.82, 2.24) is 14.9 Å². The summed E-state index contributed by atoms with van der Waals surface area (Å²) in [6.07, 6.45) is 3.50. The lowest BCUT2D eigenvalue weighted by atomic mass is 10.1. The zero-order valence-corrected chi connectivity index (χ0v) is 22.4. The third-order valence-corrected chi connectivity index (χ3v) is 6.56.